The molecular formula is C12H15NO4S. The Morgan fingerprint density at radius 2 is 1.89 bits per heavy atom. The van der Waals surface area contributed by atoms with E-state index in [0.29, 0.717) is 5.69 Å². The van der Waals surface area contributed by atoms with Crippen molar-refractivity contribution in [1.29, 1.82) is 0 Å². The zero-order chi connectivity index (χ0) is 13.7. The number of rotatable bonds is 1. The summed E-state index contributed by atoms with van der Waals surface area (Å²) < 4.78 is 24.5. The van der Waals surface area contributed by atoms with Gasteiger partial charge in [-0.15, -0.1) is 0 Å². The second kappa shape index (κ2) is 3.98. The first-order valence-corrected chi connectivity index (χ1v) is 7.09. The number of carbonyl (C=O) groups is 1. The number of nitrogens with zero attached hydrogens (tertiary/aromatic N) is 1. The van der Waals surface area contributed by atoms with Gasteiger partial charge >= 0.3 is 5.97 Å². The average molecular weight is 269 g/mol. The SMILES string of the molecule is Cc1cc2c(cc1C)S(=O)(=O)C(C(=O)O)CN2C. The maximum atomic E-state index is 12.2. The van der Waals surface area contributed by atoms with Crippen LogP contribution in [-0.2, 0) is 14.6 Å². The van der Waals surface area contributed by atoms with Crippen LogP contribution in [0.1, 0.15) is 11.1 Å². The van der Waals surface area contributed by atoms with Crippen LogP contribution in [0.4, 0.5) is 5.69 Å². The van der Waals surface area contributed by atoms with E-state index in [1.54, 1.807) is 24.1 Å². The quantitative estimate of drug-likeness (QED) is 0.822. The van der Waals surface area contributed by atoms with Crippen LogP contribution in [0.5, 0.6) is 0 Å². The van der Waals surface area contributed by atoms with Crippen molar-refractivity contribution < 1.29 is 18.3 Å². The van der Waals surface area contributed by atoms with Crippen molar-refractivity contribution in [3.05, 3.63) is 23.3 Å². The molecule has 0 saturated carbocycles. The van der Waals surface area contributed by atoms with Gasteiger partial charge in [-0.2, -0.15) is 0 Å². The molecule has 6 heteroatoms. The summed E-state index contributed by atoms with van der Waals surface area (Å²) in [6.45, 7) is 3.70. The van der Waals surface area contributed by atoms with E-state index in [-0.39, 0.29) is 11.4 Å². The number of aliphatic carboxylic acids is 1. The van der Waals surface area contributed by atoms with E-state index in [1.807, 2.05) is 13.8 Å². The van der Waals surface area contributed by atoms with Gasteiger partial charge in [0.25, 0.3) is 0 Å². The largest absolute Gasteiger partial charge is 0.480 e. The maximum absolute atomic E-state index is 12.2. The molecule has 0 radical (unpaired) electrons. The zero-order valence-corrected chi connectivity index (χ0v) is 11.3. The highest BCUT2D eigenvalue weighted by atomic mass is 32.2. The highest BCUT2D eigenvalue weighted by Gasteiger charge is 2.41. The first-order valence-electron chi connectivity index (χ1n) is 5.54. The van der Waals surface area contributed by atoms with Gasteiger partial charge in [0, 0.05) is 13.6 Å². The molecule has 0 bridgehead atoms. The Balaban J connectivity index is 2.72. The molecule has 1 aliphatic rings. The van der Waals surface area contributed by atoms with Crippen LogP contribution < -0.4 is 4.90 Å². The minimum Gasteiger partial charge on any atom is -0.480 e. The third kappa shape index (κ3) is 1.77. The smallest absolute Gasteiger partial charge is 0.324 e. The van der Waals surface area contributed by atoms with Gasteiger partial charge in [0.2, 0.25) is 0 Å². The molecule has 2 rings (SSSR count). The predicted octanol–water partition coefficient (Wildman–Crippen LogP) is 0.980. The Morgan fingerprint density at radius 1 is 1.33 bits per heavy atom. The first-order chi connectivity index (χ1) is 8.25. The normalized spacial score (nSPS) is 21.5. The molecule has 1 atom stereocenters. The van der Waals surface area contributed by atoms with Gasteiger partial charge in [-0.05, 0) is 37.1 Å². The average Bonchev–Trinajstić information content (AvgIpc) is 2.26. The summed E-state index contributed by atoms with van der Waals surface area (Å²) in [5.74, 6) is -1.30. The van der Waals surface area contributed by atoms with Gasteiger partial charge in [-0.25, -0.2) is 8.42 Å². The number of hydrogen-bond acceptors (Lipinski definition) is 4. The lowest BCUT2D eigenvalue weighted by atomic mass is 10.1. The van der Waals surface area contributed by atoms with E-state index < -0.39 is 21.1 Å². The zero-order valence-electron chi connectivity index (χ0n) is 10.5. The van der Waals surface area contributed by atoms with Gasteiger partial charge in [0.05, 0.1) is 10.6 Å². The van der Waals surface area contributed by atoms with Crippen molar-refractivity contribution in [2.45, 2.75) is 24.0 Å². The Hall–Kier alpha value is -1.56. The summed E-state index contributed by atoms with van der Waals surface area (Å²) in [5.41, 5.74) is 2.41. The molecule has 0 aromatic heterocycles. The molecule has 1 aliphatic heterocycles. The number of carboxylic acid groups (broad SMARTS) is 1. The monoisotopic (exact) mass is 269 g/mol. The van der Waals surface area contributed by atoms with Gasteiger partial charge in [-0.3, -0.25) is 4.79 Å². The maximum Gasteiger partial charge on any atom is 0.324 e. The van der Waals surface area contributed by atoms with Crippen LogP contribution in [0.15, 0.2) is 17.0 Å². The van der Waals surface area contributed by atoms with Crippen molar-refractivity contribution in [2.24, 2.45) is 0 Å². The summed E-state index contributed by atoms with van der Waals surface area (Å²) in [4.78, 5) is 12.9. The minimum absolute atomic E-state index is 0.0207. The van der Waals surface area contributed by atoms with Crippen LogP contribution in [0.25, 0.3) is 0 Å². The van der Waals surface area contributed by atoms with Gasteiger partial charge in [0.1, 0.15) is 0 Å². The number of benzene rings is 1. The minimum atomic E-state index is -3.80. The van der Waals surface area contributed by atoms with Crippen LogP contribution in [-0.4, -0.2) is 38.3 Å². The fourth-order valence-electron chi connectivity index (χ4n) is 2.11. The summed E-state index contributed by atoms with van der Waals surface area (Å²) in [6.07, 6.45) is 0. The topological polar surface area (TPSA) is 74.7 Å². The predicted molar refractivity (Wildman–Crippen MR) is 67.8 cm³/mol. The Kier molecular flexibility index (Phi) is 2.85. The third-order valence-corrected chi connectivity index (χ3v) is 5.42. The first kappa shape index (κ1) is 12.9. The van der Waals surface area contributed by atoms with Crippen molar-refractivity contribution in [3.8, 4) is 0 Å². The van der Waals surface area contributed by atoms with E-state index in [4.69, 9.17) is 5.11 Å². The molecule has 1 N–H and O–H groups in total. The van der Waals surface area contributed by atoms with Crippen molar-refractivity contribution in [2.75, 3.05) is 18.5 Å². The summed E-state index contributed by atoms with van der Waals surface area (Å²) in [5, 5.41) is 7.64. The standard InChI is InChI=1S/C12H15NO4S/c1-7-4-9-10(5-8(7)2)18(16,17)11(12(14)15)6-13(9)3/h4-5,11H,6H2,1-3H3,(H,14,15). The van der Waals surface area contributed by atoms with E-state index in [1.165, 1.54) is 0 Å². The van der Waals surface area contributed by atoms with E-state index in [0.717, 1.165) is 11.1 Å². The van der Waals surface area contributed by atoms with Crippen LogP contribution in [0.2, 0.25) is 0 Å². The molecule has 0 fully saturated rings. The molecule has 98 valence electrons. The van der Waals surface area contributed by atoms with Crippen LogP contribution in [0, 0.1) is 13.8 Å². The van der Waals surface area contributed by atoms with E-state index in [9.17, 15) is 13.2 Å². The molecular weight excluding hydrogens is 254 g/mol. The molecule has 1 aromatic rings. The molecule has 1 aromatic carbocycles. The molecule has 0 aliphatic carbocycles. The molecule has 0 spiro atoms. The second-order valence-electron chi connectivity index (χ2n) is 4.66. The molecule has 1 unspecified atom stereocenters. The van der Waals surface area contributed by atoms with Crippen LogP contribution in [0.3, 0.4) is 0 Å². The number of hydrogen-bond donors (Lipinski definition) is 1. The lowest BCUT2D eigenvalue weighted by Gasteiger charge is -2.31. The van der Waals surface area contributed by atoms with E-state index in [2.05, 4.69) is 0 Å². The molecule has 0 saturated heterocycles. The summed E-state index contributed by atoms with van der Waals surface area (Å²) in [6, 6.07) is 3.35. The van der Waals surface area contributed by atoms with Gasteiger partial charge < -0.3 is 10.0 Å². The van der Waals surface area contributed by atoms with Crippen LogP contribution >= 0.6 is 0 Å². The number of fused-ring (bicyclic) bond motifs is 1. The van der Waals surface area contributed by atoms with E-state index >= 15 is 0 Å². The van der Waals surface area contributed by atoms with Crippen molar-refractivity contribution >= 4 is 21.5 Å². The van der Waals surface area contributed by atoms with Gasteiger partial charge in [-0.1, -0.05) is 0 Å². The highest BCUT2D eigenvalue weighted by Crippen LogP contribution is 2.35. The van der Waals surface area contributed by atoms with Gasteiger partial charge in [0.15, 0.2) is 15.1 Å². The number of anilines is 1. The number of aryl methyl sites for hydroxylation is 2. The fraction of sp³-hybridized carbons (Fsp3) is 0.417. The Morgan fingerprint density at radius 3 is 2.44 bits per heavy atom. The summed E-state index contributed by atoms with van der Waals surface area (Å²) >= 11 is 0. The Labute approximate surface area is 106 Å². The lowest BCUT2D eigenvalue weighted by Crippen LogP contribution is -2.45. The Bertz CT molecular complexity index is 621. The molecule has 18 heavy (non-hydrogen) atoms. The third-order valence-electron chi connectivity index (χ3n) is 3.38. The number of sulfone groups is 1. The molecule has 0 amide bonds. The fourth-order valence-corrected chi connectivity index (χ4v) is 3.95. The molecule has 5 nitrogen and oxygen atoms in total. The summed E-state index contributed by atoms with van der Waals surface area (Å²) in [7, 11) is -2.09. The highest BCUT2D eigenvalue weighted by molar-refractivity contribution is 7.93. The van der Waals surface area contributed by atoms with Crippen molar-refractivity contribution in [1.82, 2.24) is 0 Å². The number of carboxylic acids is 1. The second-order valence-corrected chi connectivity index (χ2v) is 6.76. The molecule has 1 heterocycles. The van der Waals surface area contributed by atoms with Crippen molar-refractivity contribution in [3.63, 3.8) is 0 Å². The lowest BCUT2D eigenvalue weighted by molar-refractivity contribution is -0.136.